The normalized spacial score (nSPS) is 21.6. The van der Waals surface area contributed by atoms with Gasteiger partial charge in [0, 0.05) is 35.9 Å². The van der Waals surface area contributed by atoms with E-state index in [-0.39, 0.29) is 22.3 Å². The maximum Gasteiger partial charge on any atom is 0.254 e. The van der Waals surface area contributed by atoms with E-state index in [0.717, 1.165) is 49.3 Å². The minimum atomic E-state index is -0.230. The van der Waals surface area contributed by atoms with Crippen molar-refractivity contribution < 1.29 is 4.79 Å². The largest absolute Gasteiger partial charge is 0.342 e. The molecule has 1 saturated heterocycles. The fraction of sp³-hybridized carbons (Fsp3) is 0.700. The monoisotopic (exact) mass is 399 g/mol. The van der Waals surface area contributed by atoms with Crippen LogP contribution in [0.15, 0.2) is 4.79 Å². The number of rotatable bonds is 3. The van der Waals surface area contributed by atoms with Gasteiger partial charge in [0.1, 0.15) is 11.6 Å². The zero-order valence-corrected chi connectivity index (χ0v) is 17.7. The fourth-order valence-corrected chi connectivity index (χ4v) is 4.56. The molecule has 4 rings (SSSR count). The number of nitrogens with one attached hydrogen (secondary N) is 1. The van der Waals surface area contributed by atoms with Gasteiger partial charge >= 0.3 is 0 Å². The Labute approximate surface area is 169 Å². The lowest BCUT2D eigenvalue weighted by Crippen LogP contribution is -2.48. The molecule has 1 unspecified atom stereocenters. The fourth-order valence-electron chi connectivity index (χ4n) is 4.56. The van der Waals surface area contributed by atoms with Crippen LogP contribution in [0.1, 0.15) is 69.4 Å². The van der Waals surface area contributed by atoms with Gasteiger partial charge in [0.25, 0.3) is 5.56 Å². The highest BCUT2D eigenvalue weighted by Crippen LogP contribution is 2.43. The molecule has 1 aliphatic heterocycles. The summed E-state index contributed by atoms with van der Waals surface area (Å²) in [6.07, 6.45) is 3.87. The van der Waals surface area contributed by atoms with E-state index in [1.54, 1.807) is 4.68 Å². The lowest BCUT2D eigenvalue weighted by atomic mass is 9.77. The number of piperidine rings is 1. The highest BCUT2D eigenvalue weighted by molar-refractivity contribution is 5.76. The van der Waals surface area contributed by atoms with Crippen molar-refractivity contribution in [2.24, 2.45) is 0 Å². The van der Waals surface area contributed by atoms with Gasteiger partial charge in [-0.25, -0.2) is 9.67 Å². The summed E-state index contributed by atoms with van der Waals surface area (Å²) in [5, 5.41) is 11.4. The number of H-pyrrole nitrogens is 1. The number of aromatic nitrogens is 6. The van der Waals surface area contributed by atoms with Gasteiger partial charge in [-0.05, 0) is 43.0 Å². The van der Waals surface area contributed by atoms with E-state index < -0.39 is 0 Å². The van der Waals surface area contributed by atoms with Crippen molar-refractivity contribution in [1.82, 2.24) is 35.1 Å². The van der Waals surface area contributed by atoms with E-state index in [1.165, 1.54) is 0 Å². The van der Waals surface area contributed by atoms with Crippen molar-refractivity contribution in [2.75, 3.05) is 13.1 Å². The number of nitrogens with zero attached hydrogens (tertiary/aromatic N) is 6. The first-order valence-corrected chi connectivity index (χ1v) is 10.3. The summed E-state index contributed by atoms with van der Waals surface area (Å²) in [5.41, 5.74) is 1.26. The maximum absolute atomic E-state index is 12.9. The Morgan fingerprint density at radius 2 is 2.07 bits per heavy atom. The van der Waals surface area contributed by atoms with E-state index >= 15 is 0 Å². The Hall–Kier alpha value is -2.58. The summed E-state index contributed by atoms with van der Waals surface area (Å²) in [6, 6.07) is 0. The molecule has 3 heterocycles. The van der Waals surface area contributed by atoms with Crippen LogP contribution >= 0.6 is 0 Å². The first kappa shape index (κ1) is 19.7. The second-order valence-corrected chi connectivity index (χ2v) is 9.39. The number of carbonyl (C=O) groups is 1. The second kappa shape index (κ2) is 7.03. The van der Waals surface area contributed by atoms with Gasteiger partial charge in [-0.15, -0.1) is 5.10 Å². The molecule has 2 aromatic rings. The van der Waals surface area contributed by atoms with Crippen LogP contribution in [-0.4, -0.2) is 54.1 Å². The van der Waals surface area contributed by atoms with Crippen LogP contribution in [0.4, 0.5) is 0 Å². The van der Waals surface area contributed by atoms with Gasteiger partial charge in [-0.1, -0.05) is 20.8 Å². The molecule has 9 nitrogen and oxygen atoms in total. The Morgan fingerprint density at radius 3 is 2.76 bits per heavy atom. The zero-order chi connectivity index (χ0) is 20.8. The molecule has 0 aromatic carbocycles. The molecule has 1 amide bonds. The summed E-state index contributed by atoms with van der Waals surface area (Å²) in [4.78, 5) is 35.4. The number of fused-ring (bicyclic) bond motifs is 2. The van der Waals surface area contributed by atoms with E-state index in [0.29, 0.717) is 25.3 Å². The molecule has 156 valence electrons. The third kappa shape index (κ3) is 3.58. The third-order valence-corrected chi connectivity index (χ3v) is 6.26. The standard InChI is InChI=1S/C20H29N7O2/c1-13-23-24-25-27(13)11-7-15(28)26-10-5-8-20(12-26)9-6-14-16(20)21-18(19(2,3)4)22-17(14)29/h5-12H2,1-4H3,(H,21,22,29). The molecule has 2 aliphatic rings. The maximum atomic E-state index is 12.9. The number of hydrogen-bond acceptors (Lipinski definition) is 6. The summed E-state index contributed by atoms with van der Waals surface area (Å²) in [6.45, 7) is 9.84. The van der Waals surface area contributed by atoms with Crippen LogP contribution in [-0.2, 0) is 28.6 Å². The van der Waals surface area contributed by atoms with Gasteiger partial charge in [-0.3, -0.25) is 9.59 Å². The summed E-state index contributed by atoms with van der Waals surface area (Å²) >= 11 is 0. The number of hydrogen-bond donors (Lipinski definition) is 1. The van der Waals surface area contributed by atoms with Crippen LogP contribution in [0, 0.1) is 6.92 Å². The molecule has 1 aliphatic carbocycles. The summed E-state index contributed by atoms with van der Waals surface area (Å²) in [5.74, 6) is 1.53. The molecular weight excluding hydrogens is 370 g/mol. The number of likely N-dealkylation sites (tertiary alicyclic amines) is 1. The summed E-state index contributed by atoms with van der Waals surface area (Å²) < 4.78 is 1.65. The van der Waals surface area contributed by atoms with Crippen molar-refractivity contribution in [2.45, 2.75) is 77.2 Å². The molecule has 1 fully saturated rings. The Bertz CT molecular complexity index is 987. The van der Waals surface area contributed by atoms with E-state index in [1.807, 2.05) is 11.8 Å². The van der Waals surface area contributed by atoms with E-state index in [9.17, 15) is 9.59 Å². The highest BCUT2D eigenvalue weighted by Gasteiger charge is 2.46. The number of tetrazole rings is 1. The molecule has 2 aromatic heterocycles. The minimum Gasteiger partial charge on any atom is -0.342 e. The number of aromatic amines is 1. The molecule has 1 atom stereocenters. The van der Waals surface area contributed by atoms with Crippen LogP contribution in [0.3, 0.4) is 0 Å². The van der Waals surface area contributed by atoms with Crippen LogP contribution in [0.2, 0.25) is 0 Å². The molecule has 9 heteroatoms. The first-order valence-electron chi connectivity index (χ1n) is 10.3. The summed E-state index contributed by atoms with van der Waals surface area (Å²) in [7, 11) is 0. The second-order valence-electron chi connectivity index (χ2n) is 9.39. The zero-order valence-electron chi connectivity index (χ0n) is 17.7. The highest BCUT2D eigenvalue weighted by atomic mass is 16.2. The lowest BCUT2D eigenvalue weighted by molar-refractivity contribution is -0.133. The molecular formula is C20H29N7O2. The number of aryl methyl sites for hydroxylation is 2. The van der Waals surface area contributed by atoms with Crippen molar-refractivity contribution in [3.8, 4) is 0 Å². The minimum absolute atomic E-state index is 0.0191. The van der Waals surface area contributed by atoms with Gasteiger partial charge in [0.15, 0.2) is 0 Å². The van der Waals surface area contributed by atoms with Gasteiger partial charge in [0.05, 0.1) is 12.2 Å². The van der Waals surface area contributed by atoms with E-state index in [2.05, 4.69) is 41.3 Å². The molecule has 1 N–H and O–H groups in total. The van der Waals surface area contributed by atoms with Crippen molar-refractivity contribution in [1.29, 1.82) is 0 Å². The van der Waals surface area contributed by atoms with Crippen molar-refractivity contribution in [3.63, 3.8) is 0 Å². The quantitative estimate of drug-likeness (QED) is 0.832. The predicted octanol–water partition coefficient (Wildman–Crippen LogP) is 1.26. The SMILES string of the molecule is Cc1nnnn1CCC(=O)N1CCCC2(CCc3c2nc(C(C)(C)C)[nH]c3=O)C1. The first-order chi connectivity index (χ1) is 13.7. The van der Waals surface area contributed by atoms with Crippen molar-refractivity contribution >= 4 is 5.91 Å². The smallest absolute Gasteiger partial charge is 0.254 e. The van der Waals surface area contributed by atoms with Crippen LogP contribution < -0.4 is 5.56 Å². The van der Waals surface area contributed by atoms with Crippen LogP contribution in [0.25, 0.3) is 0 Å². The average Bonchev–Trinajstić information content (AvgIpc) is 3.23. The Balaban J connectivity index is 1.56. The predicted molar refractivity (Wildman–Crippen MR) is 107 cm³/mol. The number of carbonyl (C=O) groups excluding carboxylic acids is 1. The molecule has 1 spiro atoms. The topological polar surface area (TPSA) is 110 Å². The number of amides is 1. The molecule has 29 heavy (non-hydrogen) atoms. The third-order valence-electron chi connectivity index (χ3n) is 6.26. The van der Waals surface area contributed by atoms with Gasteiger partial charge < -0.3 is 9.88 Å². The van der Waals surface area contributed by atoms with Crippen LogP contribution in [0.5, 0.6) is 0 Å². The molecule has 0 radical (unpaired) electrons. The van der Waals surface area contributed by atoms with Crippen molar-refractivity contribution in [3.05, 3.63) is 33.3 Å². The average molecular weight is 399 g/mol. The van der Waals surface area contributed by atoms with Gasteiger partial charge in [-0.2, -0.15) is 0 Å². The van der Waals surface area contributed by atoms with E-state index in [4.69, 9.17) is 4.98 Å². The molecule has 0 bridgehead atoms. The Kier molecular flexibility index (Phi) is 4.78. The van der Waals surface area contributed by atoms with Gasteiger partial charge in [0.2, 0.25) is 5.91 Å². The lowest BCUT2D eigenvalue weighted by Gasteiger charge is -2.40. The Morgan fingerprint density at radius 1 is 1.28 bits per heavy atom. The molecule has 0 saturated carbocycles.